The van der Waals surface area contributed by atoms with Crippen LogP contribution < -0.4 is 14.5 Å². The fraction of sp³-hybridized carbons (Fsp3) is 0.250. The van der Waals surface area contributed by atoms with Crippen molar-refractivity contribution in [1.82, 2.24) is 9.55 Å². The van der Waals surface area contributed by atoms with Crippen LogP contribution in [0.25, 0.3) is 72.1 Å². The molecule has 2 aromatic heterocycles. The van der Waals surface area contributed by atoms with Gasteiger partial charge in [0.25, 0.3) is 0 Å². The first-order chi connectivity index (χ1) is 48.8. The van der Waals surface area contributed by atoms with E-state index < -0.39 is 106 Å². The van der Waals surface area contributed by atoms with Crippen molar-refractivity contribution in [3.05, 3.63) is 246 Å². The van der Waals surface area contributed by atoms with Gasteiger partial charge in [-0.2, -0.15) is 12.1 Å². The van der Waals surface area contributed by atoms with Gasteiger partial charge in [-0.25, -0.2) is 4.98 Å². The summed E-state index contributed by atoms with van der Waals surface area (Å²) in [6.07, 6.45) is 2.79. The van der Waals surface area contributed by atoms with Crippen molar-refractivity contribution < 1.29 is 53.2 Å². The van der Waals surface area contributed by atoms with Crippen LogP contribution in [0.15, 0.2) is 200 Å². The normalized spacial score (nSPS) is 18.0. The summed E-state index contributed by atoms with van der Waals surface area (Å²) in [6.45, 7) is 26.8. The van der Waals surface area contributed by atoms with Crippen molar-refractivity contribution in [3.63, 3.8) is 0 Å². The molecule has 0 unspecified atom stereocenters. The molecule has 5 nitrogen and oxygen atoms in total. The Morgan fingerprint density at radius 2 is 1.14 bits per heavy atom. The van der Waals surface area contributed by atoms with Gasteiger partial charge >= 0.3 is 0 Å². The maximum atomic E-state index is 10.5. The Kier molecular flexibility index (Phi) is 9.85. The van der Waals surface area contributed by atoms with E-state index in [1.165, 1.54) is 6.20 Å². The molecule has 13 rings (SSSR count). The molecule has 0 amide bonds. The van der Waals surface area contributed by atoms with Crippen molar-refractivity contribution in [2.24, 2.45) is 0 Å². The van der Waals surface area contributed by atoms with Gasteiger partial charge in [0.2, 0.25) is 0 Å². The standard InChI is InChI=1S/C80H77N4O.Pt/c1-76(2,3)57-26-21-25-55(43-57)52-33-35-54(36-34-52)64-45-58(77(4,5)6)46-65(56-37-40-67-69(44-56)80(12,13)42-41-79(67,10)11)75(64)83-51-82(71-31-19-20-32-72(71)83)59-27-22-28-60(47-59)85-61-38-39-63-62-29-17-18-30-70(62)84(73(63)48-61)74-49-68(78(7,8)9)66(50-81-74)53-23-15-14-16-24-53;/h14-40,43-46,49-51H,41-42H2,1-13H3;/q-3;/i14D,15D,16D,17D,18D,21D,23D,24D,25D,26D,29D,30D,33D,34D,35D,36D,37D,40D,43D,44D;. The third kappa shape index (κ3) is 10.7. The van der Waals surface area contributed by atoms with Crippen molar-refractivity contribution in [3.8, 4) is 61.8 Å². The van der Waals surface area contributed by atoms with Gasteiger partial charge < -0.3 is 19.1 Å². The van der Waals surface area contributed by atoms with E-state index in [2.05, 4.69) is 12.1 Å². The molecular weight excluding hydrogens is 1230 g/mol. The van der Waals surface area contributed by atoms with Crippen molar-refractivity contribution >= 4 is 44.6 Å². The van der Waals surface area contributed by atoms with E-state index in [0.29, 0.717) is 57.5 Å². The summed E-state index contributed by atoms with van der Waals surface area (Å²) in [4.78, 5) is 8.47. The predicted molar refractivity (Wildman–Crippen MR) is 357 cm³/mol. The second-order valence-electron chi connectivity index (χ2n) is 26.5. The number of nitrogens with zero attached hydrogens (tertiary/aromatic N) is 4. The number of rotatable bonds is 9. The third-order valence-electron chi connectivity index (χ3n) is 16.4. The van der Waals surface area contributed by atoms with Crippen molar-refractivity contribution in [2.75, 3.05) is 9.80 Å². The number of para-hydroxylation sites is 3. The number of hydrogen-bond donors (Lipinski definition) is 0. The van der Waals surface area contributed by atoms with Crippen LogP contribution in [0.2, 0.25) is 0 Å². The zero-order chi connectivity index (χ0) is 76.8. The van der Waals surface area contributed by atoms with Crippen LogP contribution in [0.5, 0.6) is 11.5 Å². The molecule has 0 bridgehead atoms. The SMILES string of the molecule is [2H]c1c([2H])c([2H])c(-c2cnc(-n3c4[c-]c(Oc5[c-]c(N6[CH-]N(c7c(-c8c([2H])c([2H])c(-c9c([2H])c([2H])c([2H])c(C(C)(C)C)c9[2H])c([2H])c8[2H])cc(C(C)(C)C)cc7-c7c([2H])c([2H])c8c(c7[2H])C(C)(C)CCC8(C)C)c7ccccc76)ccc5)ccc4c4c([2H])c([2H])c([2H])c([2H])c43)cc2C(C)(C)C)c([2H])c1[2H].[Pt]. The van der Waals surface area contributed by atoms with Crippen molar-refractivity contribution in [2.45, 2.75) is 130 Å². The number of anilines is 4. The molecular formula is C80H77N4OPt-3. The fourth-order valence-corrected chi connectivity index (χ4v) is 11.5. The minimum atomic E-state index is -0.901. The van der Waals surface area contributed by atoms with Gasteiger partial charge in [-0.1, -0.05) is 222 Å². The monoisotopic (exact) mass is 1320 g/mol. The van der Waals surface area contributed by atoms with E-state index in [1.54, 1.807) is 74.5 Å². The van der Waals surface area contributed by atoms with Gasteiger partial charge in [0, 0.05) is 78.0 Å². The van der Waals surface area contributed by atoms with Crippen LogP contribution in [0.4, 0.5) is 22.7 Å². The molecule has 0 saturated carbocycles. The molecule has 6 heteroatoms. The molecule has 0 saturated heterocycles. The first-order valence-corrected chi connectivity index (χ1v) is 28.7. The van der Waals surface area contributed by atoms with Crippen molar-refractivity contribution in [1.29, 1.82) is 0 Å². The number of ether oxygens (including phenoxy) is 1. The van der Waals surface area contributed by atoms with E-state index in [1.807, 2.05) is 109 Å². The number of aromatic nitrogens is 2. The smallest absolute Gasteiger partial charge is 0.135 e. The third-order valence-corrected chi connectivity index (χ3v) is 16.4. The number of pyridine rings is 1. The second-order valence-corrected chi connectivity index (χ2v) is 26.5. The summed E-state index contributed by atoms with van der Waals surface area (Å²) in [5.74, 6) is 0.464. The van der Waals surface area contributed by atoms with E-state index in [-0.39, 0.29) is 153 Å². The Labute approximate surface area is 553 Å². The largest absolute Gasteiger partial charge is 0.509 e. The zero-order valence-corrected chi connectivity index (χ0v) is 52.8. The molecule has 0 fully saturated rings. The van der Waals surface area contributed by atoms with Crippen LogP contribution in [0.3, 0.4) is 0 Å². The molecule has 86 heavy (non-hydrogen) atoms. The molecule has 3 heterocycles. The van der Waals surface area contributed by atoms with Crippen LogP contribution in [-0.4, -0.2) is 9.55 Å². The molecule has 0 radical (unpaired) electrons. The number of benzene rings is 9. The molecule has 9 aromatic carbocycles. The van der Waals surface area contributed by atoms with Crippen LogP contribution in [0, 0.1) is 18.8 Å². The molecule has 0 atom stereocenters. The molecule has 436 valence electrons. The summed E-state index contributed by atoms with van der Waals surface area (Å²) in [5, 5.41) is 0.538. The van der Waals surface area contributed by atoms with Gasteiger partial charge in [0.1, 0.15) is 5.82 Å². The zero-order valence-electron chi connectivity index (χ0n) is 70.5. The maximum absolute atomic E-state index is 10.5. The first-order valence-electron chi connectivity index (χ1n) is 38.7. The Hall–Kier alpha value is -7.98. The summed E-state index contributed by atoms with van der Waals surface area (Å²) >= 11 is 0. The molecule has 0 N–H and O–H groups in total. The first kappa shape index (κ1) is 38.9. The van der Waals surface area contributed by atoms with Gasteiger partial charge in [-0.3, -0.25) is 0 Å². The molecule has 2 aliphatic rings. The molecule has 0 spiro atoms. The Balaban J connectivity index is 0.0000105. The number of hydrogen-bond acceptors (Lipinski definition) is 4. The molecule has 1 aliphatic carbocycles. The average Bonchev–Trinajstić information content (AvgIpc) is 1.15. The van der Waals surface area contributed by atoms with E-state index in [0.717, 1.165) is 0 Å². The summed E-state index contributed by atoms with van der Waals surface area (Å²) in [7, 11) is 0. The summed E-state index contributed by atoms with van der Waals surface area (Å²) < 4.78 is 195. The summed E-state index contributed by atoms with van der Waals surface area (Å²) in [5.41, 5.74) is 0.779. The minimum Gasteiger partial charge on any atom is -0.509 e. The minimum absolute atomic E-state index is 0. The second kappa shape index (κ2) is 21.8. The molecule has 1 aliphatic heterocycles. The van der Waals surface area contributed by atoms with Crippen LogP contribution >= 0.6 is 0 Å². The van der Waals surface area contributed by atoms with Crippen LogP contribution in [-0.2, 0) is 48.1 Å². The van der Waals surface area contributed by atoms with E-state index in [9.17, 15) is 15.1 Å². The Bertz CT molecular complexity index is 5550. The molecule has 11 aromatic rings. The maximum Gasteiger partial charge on any atom is 0.135 e. The topological polar surface area (TPSA) is 33.5 Å². The van der Waals surface area contributed by atoms with E-state index in [4.69, 9.17) is 22.1 Å². The van der Waals surface area contributed by atoms with Gasteiger partial charge in [0.15, 0.2) is 0 Å². The summed E-state index contributed by atoms with van der Waals surface area (Å²) in [6, 6.07) is 19.5. The van der Waals surface area contributed by atoms with Gasteiger partial charge in [-0.15, -0.1) is 48.1 Å². The Morgan fingerprint density at radius 3 is 1.85 bits per heavy atom. The number of fused-ring (bicyclic) bond motifs is 5. The average molecular weight is 1330 g/mol. The fourth-order valence-electron chi connectivity index (χ4n) is 11.5. The Morgan fingerprint density at radius 1 is 0.523 bits per heavy atom. The van der Waals surface area contributed by atoms with E-state index >= 15 is 0 Å². The quantitative estimate of drug-likeness (QED) is 0.135. The van der Waals surface area contributed by atoms with Crippen LogP contribution in [0.1, 0.15) is 158 Å². The van der Waals surface area contributed by atoms with Gasteiger partial charge in [0.05, 0.1) is 27.4 Å². The predicted octanol–water partition coefficient (Wildman–Crippen LogP) is 21.9. The van der Waals surface area contributed by atoms with Gasteiger partial charge in [-0.05, 0) is 137 Å².